The molecule has 3 aliphatic carbocycles. The second-order valence-corrected chi connectivity index (χ2v) is 11.7. The lowest BCUT2D eigenvalue weighted by Crippen LogP contribution is -2.69. The van der Waals surface area contributed by atoms with E-state index >= 15 is 0 Å². The highest BCUT2D eigenvalue weighted by molar-refractivity contribution is 5.78. The summed E-state index contributed by atoms with van der Waals surface area (Å²) in [6.07, 6.45) is 8.77. The van der Waals surface area contributed by atoms with Crippen molar-refractivity contribution in [3.8, 4) is 11.5 Å². The molecule has 1 aromatic rings. The number of esters is 1. The minimum atomic E-state index is -0.292. The van der Waals surface area contributed by atoms with Crippen molar-refractivity contribution in [2.45, 2.75) is 77.7 Å². The summed E-state index contributed by atoms with van der Waals surface area (Å²) < 4.78 is 12.6. The molecule has 1 saturated heterocycles. The second-order valence-electron chi connectivity index (χ2n) is 11.7. The van der Waals surface area contributed by atoms with Gasteiger partial charge in [-0.2, -0.15) is 0 Å². The molecule has 0 spiro atoms. The molecule has 6 rings (SSSR count). The van der Waals surface area contributed by atoms with Crippen LogP contribution in [0.2, 0.25) is 0 Å². The zero-order valence-electron chi connectivity index (χ0n) is 18.5. The molecule has 30 heavy (non-hydrogen) atoms. The van der Waals surface area contributed by atoms with Crippen LogP contribution in [0.25, 0.3) is 0 Å². The molecule has 0 amide bonds. The molecule has 7 atom stereocenters. The van der Waals surface area contributed by atoms with E-state index < -0.39 is 0 Å². The predicted octanol–water partition coefficient (Wildman–Crippen LogP) is 5.26. The Hall–Kier alpha value is -1.71. The number of hydrogen-bond donors (Lipinski definition) is 1. The third-order valence-corrected chi connectivity index (χ3v) is 10.5. The van der Waals surface area contributed by atoms with Crippen LogP contribution in [0.5, 0.6) is 11.5 Å². The van der Waals surface area contributed by atoms with Gasteiger partial charge in [0, 0.05) is 11.3 Å². The normalized spacial score (nSPS) is 48.9. The van der Waals surface area contributed by atoms with E-state index in [9.17, 15) is 9.90 Å². The molecule has 1 N–H and O–H groups in total. The molecular weight excluding hydrogens is 376 g/mol. The van der Waals surface area contributed by atoms with E-state index in [4.69, 9.17) is 9.47 Å². The summed E-state index contributed by atoms with van der Waals surface area (Å²) in [5.74, 6) is 2.76. The fourth-order valence-electron chi connectivity index (χ4n) is 9.16. The van der Waals surface area contributed by atoms with Crippen molar-refractivity contribution >= 4 is 5.97 Å². The van der Waals surface area contributed by atoms with Crippen molar-refractivity contribution in [3.63, 3.8) is 0 Å². The zero-order chi connectivity index (χ0) is 20.9. The third-order valence-electron chi connectivity index (χ3n) is 10.5. The van der Waals surface area contributed by atoms with Crippen LogP contribution in [0.1, 0.15) is 71.3 Å². The Labute approximate surface area is 179 Å². The average Bonchev–Trinajstić information content (AvgIpc) is 2.70. The van der Waals surface area contributed by atoms with Crippen LogP contribution in [0.3, 0.4) is 0 Å². The lowest BCUT2D eigenvalue weighted by Gasteiger charge is -2.70. The van der Waals surface area contributed by atoms with Gasteiger partial charge in [0.05, 0.1) is 12.0 Å². The molecule has 5 aliphatic rings. The average molecular weight is 411 g/mol. The van der Waals surface area contributed by atoms with Crippen LogP contribution in [0.4, 0.5) is 0 Å². The number of carbonyl (C=O) groups is 1. The first-order valence-electron chi connectivity index (χ1n) is 11.9. The molecule has 1 unspecified atom stereocenters. The standard InChI is InChI=1S/C26H34O4/c1-23-11-7-20-24(2)9-4-10-26(20,15-29-22(24)28)19(23)8-12-25(3)21(23)14-16-13-17(27)5-6-18(16)30-25/h5-6,13,19-21,27H,4,7-12,14-15H2,1-3H3/t19-,20?,21-,23+,24-,25-,26-/m0/s1. The summed E-state index contributed by atoms with van der Waals surface area (Å²) >= 11 is 0. The molecule has 162 valence electrons. The van der Waals surface area contributed by atoms with E-state index in [0.717, 1.165) is 56.3 Å². The van der Waals surface area contributed by atoms with Crippen molar-refractivity contribution < 1.29 is 19.4 Å². The maximum Gasteiger partial charge on any atom is 0.312 e. The lowest BCUT2D eigenvalue weighted by atomic mass is 9.36. The minimum Gasteiger partial charge on any atom is -0.508 e. The van der Waals surface area contributed by atoms with E-state index in [-0.39, 0.29) is 27.8 Å². The van der Waals surface area contributed by atoms with Crippen molar-refractivity contribution in [1.82, 2.24) is 0 Å². The SMILES string of the molecule is C[C@@]12CCC3[C@]4(CCC[C@]3(C)C(=O)OC4)[C@H]1CC[C@]1(C)Oc3ccc(O)cc3C[C@@H]21. The van der Waals surface area contributed by atoms with E-state index in [1.54, 1.807) is 6.07 Å². The summed E-state index contributed by atoms with van der Waals surface area (Å²) in [5.41, 5.74) is 0.980. The molecule has 1 aromatic carbocycles. The van der Waals surface area contributed by atoms with Gasteiger partial charge in [0.1, 0.15) is 17.1 Å². The van der Waals surface area contributed by atoms with Gasteiger partial charge in [0.25, 0.3) is 0 Å². The first-order chi connectivity index (χ1) is 14.2. The fraction of sp³-hybridized carbons (Fsp3) is 0.731. The molecule has 4 fully saturated rings. The van der Waals surface area contributed by atoms with Gasteiger partial charge >= 0.3 is 5.97 Å². The number of rotatable bonds is 0. The third kappa shape index (κ3) is 2.16. The van der Waals surface area contributed by atoms with Crippen LogP contribution in [0, 0.1) is 34.0 Å². The predicted molar refractivity (Wildman–Crippen MR) is 113 cm³/mol. The largest absolute Gasteiger partial charge is 0.508 e. The topological polar surface area (TPSA) is 55.8 Å². The summed E-state index contributed by atoms with van der Waals surface area (Å²) in [6.45, 7) is 7.62. The van der Waals surface area contributed by atoms with E-state index in [1.165, 1.54) is 6.42 Å². The van der Waals surface area contributed by atoms with Gasteiger partial charge in [-0.25, -0.2) is 0 Å². The number of aromatic hydroxyl groups is 1. The van der Waals surface area contributed by atoms with E-state index in [2.05, 4.69) is 20.8 Å². The smallest absolute Gasteiger partial charge is 0.312 e. The van der Waals surface area contributed by atoms with Gasteiger partial charge in [-0.1, -0.05) is 13.3 Å². The number of phenols is 1. The monoisotopic (exact) mass is 410 g/mol. The van der Waals surface area contributed by atoms with Crippen LogP contribution >= 0.6 is 0 Å². The Kier molecular flexibility index (Phi) is 3.64. The first-order valence-corrected chi connectivity index (χ1v) is 11.9. The highest BCUT2D eigenvalue weighted by atomic mass is 16.5. The van der Waals surface area contributed by atoms with Crippen molar-refractivity contribution in [2.75, 3.05) is 6.61 Å². The highest BCUT2D eigenvalue weighted by Crippen LogP contribution is 2.72. The van der Waals surface area contributed by atoms with E-state index in [0.29, 0.717) is 30.1 Å². The number of benzene rings is 1. The first kappa shape index (κ1) is 19.0. The van der Waals surface area contributed by atoms with Crippen LogP contribution in [-0.2, 0) is 16.0 Å². The van der Waals surface area contributed by atoms with E-state index in [1.807, 2.05) is 12.1 Å². The van der Waals surface area contributed by atoms with Crippen molar-refractivity contribution in [3.05, 3.63) is 23.8 Å². The van der Waals surface area contributed by atoms with Gasteiger partial charge in [-0.05, 0) is 99.8 Å². The zero-order valence-corrected chi connectivity index (χ0v) is 18.5. The Morgan fingerprint density at radius 3 is 2.63 bits per heavy atom. The Morgan fingerprint density at radius 1 is 1.00 bits per heavy atom. The van der Waals surface area contributed by atoms with Gasteiger partial charge in [-0.15, -0.1) is 0 Å². The molecule has 4 heteroatoms. The molecule has 3 saturated carbocycles. The van der Waals surface area contributed by atoms with Crippen LogP contribution in [0.15, 0.2) is 18.2 Å². The Morgan fingerprint density at radius 2 is 1.80 bits per heavy atom. The van der Waals surface area contributed by atoms with Gasteiger partial charge in [0.15, 0.2) is 0 Å². The summed E-state index contributed by atoms with van der Waals surface area (Å²) in [5, 5.41) is 10.1. The Bertz CT molecular complexity index is 926. The van der Waals surface area contributed by atoms with Crippen LogP contribution in [-0.4, -0.2) is 23.3 Å². The maximum absolute atomic E-state index is 12.8. The number of fused-ring (bicyclic) bond motifs is 4. The number of carbonyl (C=O) groups excluding carboxylic acids is 1. The van der Waals surface area contributed by atoms with Crippen molar-refractivity contribution in [1.29, 1.82) is 0 Å². The number of cyclic esters (lactones) is 1. The fourth-order valence-corrected chi connectivity index (χ4v) is 9.16. The molecule has 2 heterocycles. The molecule has 2 aliphatic heterocycles. The minimum absolute atomic E-state index is 0.0532. The van der Waals surface area contributed by atoms with Crippen LogP contribution < -0.4 is 4.74 Å². The molecular formula is C26H34O4. The van der Waals surface area contributed by atoms with Gasteiger partial charge in [0.2, 0.25) is 0 Å². The molecule has 0 radical (unpaired) electrons. The quantitative estimate of drug-likeness (QED) is 0.593. The summed E-state index contributed by atoms with van der Waals surface area (Å²) in [6, 6.07) is 5.56. The lowest BCUT2D eigenvalue weighted by molar-refractivity contribution is -0.255. The summed E-state index contributed by atoms with van der Waals surface area (Å²) in [4.78, 5) is 12.8. The highest BCUT2D eigenvalue weighted by Gasteiger charge is 2.70. The summed E-state index contributed by atoms with van der Waals surface area (Å²) in [7, 11) is 0. The number of ether oxygens (including phenoxy) is 2. The maximum atomic E-state index is 12.8. The number of phenolic OH excluding ortho intramolecular Hbond substituents is 1. The molecule has 2 bridgehead atoms. The number of hydrogen-bond acceptors (Lipinski definition) is 4. The van der Waals surface area contributed by atoms with Gasteiger partial charge in [-0.3, -0.25) is 4.79 Å². The van der Waals surface area contributed by atoms with Gasteiger partial charge < -0.3 is 14.6 Å². The Balaban J connectivity index is 1.43. The second kappa shape index (κ2) is 5.75. The molecule has 4 nitrogen and oxygen atoms in total. The van der Waals surface area contributed by atoms with Crippen molar-refractivity contribution in [2.24, 2.45) is 34.0 Å². The molecule has 0 aromatic heterocycles.